The molecular weight excluding hydrogens is 298 g/mol. The van der Waals surface area contributed by atoms with E-state index in [1.165, 1.54) is 11.4 Å². The van der Waals surface area contributed by atoms with Crippen molar-refractivity contribution in [2.24, 2.45) is 0 Å². The van der Waals surface area contributed by atoms with Crippen LogP contribution in [0.1, 0.15) is 29.1 Å². The van der Waals surface area contributed by atoms with E-state index in [-0.39, 0.29) is 11.4 Å². The maximum atomic E-state index is 12.5. The van der Waals surface area contributed by atoms with Crippen molar-refractivity contribution < 1.29 is 12.9 Å². The largest absolute Gasteiger partial charge is 0.360 e. The van der Waals surface area contributed by atoms with Gasteiger partial charge < -0.3 is 4.52 Å². The summed E-state index contributed by atoms with van der Waals surface area (Å²) in [5.41, 5.74) is 1.13. The number of aryl methyl sites for hydroxylation is 3. The molecule has 0 radical (unpaired) electrons. The number of thiazole rings is 1. The molecule has 0 aromatic carbocycles. The summed E-state index contributed by atoms with van der Waals surface area (Å²) in [6.07, 6.45) is 0.852. The lowest BCUT2D eigenvalue weighted by Gasteiger charge is -2.15. The zero-order valence-electron chi connectivity index (χ0n) is 11.9. The van der Waals surface area contributed by atoms with Crippen LogP contribution in [0.5, 0.6) is 0 Å². The molecule has 2 aromatic heterocycles. The summed E-state index contributed by atoms with van der Waals surface area (Å²) in [6, 6.07) is 0. The minimum Gasteiger partial charge on any atom is -0.360 e. The van der Waals surface area contributed by atoms with E-state index in [0.29, 0.717) is 11.5 Å². The summed E-state index contributed by atoms with van der Waals surface area (Å²) in [5.74, 6) is 0.307. The number of rotatable bonds is 5. The van der Waals surface area contributed by atoms with Crippen LogP contribution in [0.15, 0.2) is 14.8 Å². The molecule has 2 aromatic rings. The highest BCUT2D eigenvalue weighted by atomic mass is 32.2. The molecule has 0 bridgehead atoms. The Morgan fingerprint density at radius 3 is 2.60 bits per heavy atom. The summed E-state index contributed by atoms with van der Waals surface area (Å²) in [6.45, 7) is 5.48. The van der Waals surface area contributed by atoms with Gasteiger partial charge in [0.05, 0.1) is 17.2 Å². The van der Waals surface area contributed by atoms with Crippen molar-refractivity contribution in [3.63, 3.8) is 0 Å². The van der Waals surface area contributed by atoms with E-state index in [1.807, 2.05) is 12.3 Å². The highest BCUT2D eigenvalue weighted by Gasteiger charge is 2.28. The third kappa shape index (κ3) is 2.77. The molecule has 0 saturated carbocycles. The van der Waals surface area contributed by atoms with Crippen LogP contribution in [-0.4, -0.2) is 29.9 Å². The lowest BCUT2D eigenvalue weighted by molar-refractivity contribution is 0.389. The third-order valence-electron chi connectivity index (χ3n) is 2.92. The van der Waals surface area contributed by atoms with E-state index >= 15 is 0 Å². The molecule has 6 nitrogen and oxygen atoms in total. The highest BCUT2D eigenvalue weighted by molar-refractivity contribution is 7.89. The van der Waals surface area contributed by atoms with Gasteiger partial charge in [0.1, 0.15) is 10.6 Å². The van der Waals surface area contributed by atoms with Gasteiger partial charge in [-0.05, 0) is 20.3 Å². The molecule has 0 atom stereocenters. The molecule has 2 rings (SSSR count). The fourth-order valence-corrected chi connectivity index (χ4v) is 4.06. The maximum Gasteiger partial charge on any atom is 0.248 e. The lowest BCUT2D eigenvalue weighted by atomic mass is 10.4. The van der Waals surface area contributed by atoms with Crippen molar-refractivity contribution in [2.45, 2.75) is 38.6 Å². The predicted molar refractivity (Wildman–Crippen MR) is 76.1 cm³/mol. The predicted octanol–water partition coefficient (Wildman–Crippen LogP) is 2.13. The van der Waals surface area contributed by atoms with E-state index < -0.39 is 10.0 Å². The van der Waals surface area contributed by atoms with Gasteiger partial charge in [0.15, 0.2) is 5.76 Å². The molecule has 0 fully saturated rings. The molecule has 8 heteroatoms. The lowest BCUT2D eigenvalue weighted by Crippen LogP contribution is -2.27. The molecule has 0 unspecified atom stereocenters. The molecule has 0 amide bonds. The van der Waals surface area contributed by atoms with Crippen LogP contribution in [0, 0.1) is 13.8 Å². The zero-order valence-corrected chi connectivity index (χ0v) is 13.5. The van der Waals surface area contributed by atoms with Gasteiger partial charge in [0.2, 0.25) is 10.0 Å². The number of hydrogen-bond donors (Lipinski definition) is 0. The molecule has 20 heavy (non-hydrogen) atoms. The molecule has 0 saturated heterocycles. The van der Waals surface area contributed by atoms with Gasteiger partial charge in [-0.3, -0.25) is 0 Å². The molecule has 110 valence electrons. The number of sulfonamides is 1. The first-order valence-corrected chi connectivity index (χ1v) is 8.50. The molecule has 0 spiro atoms. The van der Waals surface area contributed by atoms with Crippen LogP contribution >= 0.6 is 11.3 Å². The van der Waals surface area contributed by atoms with Gasteiger partial charge in [-0.1, -0.05) is 12.1 Å². The van der Waals surface area contributed by atoms with Gasteiger partial charge in [-0.25, -0.2) is 13.4 Å². The van der Waals surface area contributed by atoms with Crippen LogP contribution in [0.25, 0.3) is 0 Å². The maximum absolute atomic E-state index is 12.5. The van der Waals surface area contributed by atoms with Gasteiger partial charge in [-0.2, -0.15) is 4.31 Å². The van der Waals surface area contributed by atoms with Gasteiger partial charge in [0, 0.05) is 12.4 Å². The Kier molecular flexibility index (Phi) is 4.26. The van der Waals surface area contributed by atoms with Crippen LogP contribution in [0.3, 0.4) is 0 Å². The van der Waals surface area contributed by atoms with Gasteiger partial charge in [-0.15, -0.1) is 11.3 Å². The Labute approximate surface area is 122 Å². The topological polar surface area (TPSA) is 76.3 Å². The smallest absolute Gasteiger partial charge is 0.248 e. The Hall–Kier alpha value is -1.25. The second-order valence-electron chi connectivity index (χ2n) is 4.50. The van der Waals surface area contributed by atoms with Crippen molar-refractivity contribution in [1.82, 2.24) is 14.4 Å². The first-order chi connectivity index (χ1) is 9.36. The molecule has 0 N–H and O–H groups in total. The molecule has 2 heterocycles. The van der Waals surface area contributed by atoms with Crippen LogP contribution in [0.4, 0.5) is 0 Å². The van der Waals surface area contributed by atoms with Crippen LogP contribution in [0.2, 0.25) is 0 Å². The van der Waals surface area contributed by atoms with E-state index in [1.54, 1.807) is 25.2 Å². The summed E-state index contributed by atoms with van der Waals surface area (Å²) in [5, 5.41) is 6.58. The summed E-state index contributed by atoms with van der Waals surface area (Å²) in [7, 11) is -2.08. The highest BCUT2D eigenvalue weighted by Crippen LogP contribution is 2.23. The van der Waals surface area contributed by atoms with Crippen molar-refractivity contribution >= 4 is 21.4 Å². The quantitative estimate of drug-likeness (QED) is 0.845. The Morgan fingerprint density at radius 2 is 2.10 bits per heavy atom. The van der Waals surface area contributed by atoms with Crippen molar-refractivity contribution in [3.05, 3.63) is 27.5 Å². The fraction of sp³-hybridized carbons (Fsp3) is 0.500. The minimum absolute atomic E-state index is 0.144. The molecule has 0 aliphatic heterocycles. The Balaban J connectivity index is 2.26. The van der Waals surface area contributed by atoms with Gasteiger partial charge in [0.25, 0.3) is 0 Å². The van der Waals surface area contributed by atoms with E-state index in [2.05, 4.69) is 10.1 Å². The second kappa shape index (κ2) is 5.63. The van der Waals surface area contributed by atoms with E-state index in [0.717, 1.165) is 17.1 Å². The standard InChI is InChI=1S/C12H17N3O3S2/c1-5-11-13-10(7-19-11)6-15(4)20(16,17)12-8(2)14-18-9(12)3/h7H,5-6H2,1-4H3. The third-order valence-corrected chi connectivity index (χ3v) is 6.01. The molecule has 0 aliphatic rings. The first kappa shape index (κ1) is 15.1. The number of nitrogens with zero attached hydrogens (tertiary/aromatic N) is 3. The number of aromatic nitrogens is 2. The first-order valence-electron chi connectivity index (χ1n) is 6.18. The molecule has 0 aliphatic carbocycles. The summed E-state index contributed by atoms with van der Waals surface area (Å²) < 4.78 is 31.2. The summed E-state index contributed by atoms with van der Waals surface area (Å²) in [4.78, 5) is 4.53. The van der Waals surface area contributed by atoms with Crippen LogP contribution in [-0.2, 0) is 23.0 Å². The Bertz CT molecular complexity index is 684. The fourth-order valence-electron chi connectivity index (χ4n) is 1.90. The van der Waals surface area contributed by atoms with Gasteiger partial charge >= 0.3 is 0 Å². The second-order valence-corrected chi connectivity index (χ2v) is 7.42. The normalized spacial score (nSPS) is 12.2. The monoisotopic (exact) mass is 315 g/mol. The number of hydrogen-bond acceptors (Lipinski definition) is 6. The van der Waals surface area contributed by atoms with E-state index in [9.17, 15) is 8.42 Å². The Morgan fingerprint density at radius 1 is 1.40 bits per heavy atom. The van der Waals surface area contributed by atoms with Crippen molar-refractivity contribution in [3.8, 4) is 0 Å². The minimum atomic E-state index is -3.61. The average Bonchev–Trinajstić information content (AvgIpc) is 2.96. The average molecular weight is 315 g/mol. The van der Waals surface area contributed by atoms with E-state index in [4.69, 9.17) is 4.52 Å². The van der Waals surface area contributed by atoms with Crippen molar-refractivity contribution in [1.29, 1.82) is 0 Å². The molecular formula is C12H17N3O3S2. The zero-order chi connectivity index (χ0) is 14.9. The van der Waals surface area contributed by atoms with Crippen molar-refractivity contribution in [2.75, 3.05) is 7.05 Å². The SMILES string of the molecule is CCc1nc(CN(C)S(=O)(=O)c2c(C)noc2C)cs1. The summed E-state index contributed by atoms with van der Waals surface area (Å²) >= 11 is 1.54. The van der Waals surface area contributed by atoms with Crippen LogP contribution < -0.4 is 0 Å².